The van der Waals surface area contributed by atoms with Crippen molar-refractivity contribution < 1.29 is 29.9 Å². The number of ether oxygens (including phenoxy) is 2. The lowest BCUT2D eigenvalue weighted by atomic mass is 9.98. The first-order chi connectivity index (χ1) is 11.4. The monoisotopic (exact) mass is 343 g/mol. The highest BCUT2D eigenvalue weighted by atomic mass is 16.6. The predicted molar refractivity (Wildman–Crippen MR) is 76.1 cm³/mol. The average Bonchev–Trinajstić information content (AvgIpc) is 3.00. The molecule has 2 aromatic heterocycles. The Morgan fingerprint density at radius 2 is 1.96 bits per heavy atom. The second-order valence-corrected chi connectivity index (χ2v) is 5.39. The molecule has 0 saturated carbocycles. The maximum Gasteiger partial charge on any atom is 0.300 e. The quantitative estimate of drug-likeness (QED) is 0.439. The Labute approximate surface area is 134 Å². The van der Waals surface area contributed by atoms with Crippen LogP contribution in [0.1, 0.15) is 6.23 Å². The maximum atomic E-state index is 12.2. The van der Waals surface area contributed by atoms with Gasteiger partial charge in [0.1, 0.15) is 24.4 Å². The first kappa shape index (κ1) is 16.7. The number of hydrogen-bond donors (Lipinski definition) is 4. The fourth-order valence-electron chi connectivity index (χ4n) is 2.58. The van der Waals surface area contributed by atoms with Crippen LogP contribution in [-0.4, -0.2) is 83.1 Å². The number of aliphatic hydroxyl groups is 4. The zero-order chi connectivity index (χ0) is 17.6. The summed E-state index contributed by atoms with van der Waals surface area (Å²) >= 11 is 0. The number of fused-ring (bicyclic) bond motifs is 1. The lowest BCUT2D eigenvalue weighted by Gasteiger charge is -2.39. The molecule has 12 heteroatoms. The molecule has 0 amide bonds. The van der Waals surface area contributed by atoms with Crippen molar-refractivity contribution >= 4 is 11.2 Å². The van der Waals surface area contributed by atoms with Gasteiger partial charge in [0.25, 0.3) is 5.56 Å². The predicted octanol–water partition coefficient (Wildman–Crippen LogP) is -3.49. The van der Waals surface area contributed by atoms with E-state index in [0.29, 0.717) is 0 Å². The Balaban J connectivity index is 2.12. The Bertz CT molecular complexity index is 803. The zero-order valence-electron chi connectivity index (χ0n) is 12.8. The number of methoxy groups -OCH3 is 1. The molecule has 5 unspecified atom stereocenters. The van der Waals surface area contributed by atoms with Crippen molar-refractivity contribution in [2.75, 3.05) is 13.7 Å². The smallest absolute Gasteiger partial charge is 0.300 e. The Kier molecular flexibility index (Phi) is 4.23. The molecule has 12 nitrogen and oxygen atoms in total. The van der Waals surface area contributed by atoms with Crippen LogP contribution in [0, 0.1) is 0 Å². The van der Waals surface area contributed by atoms with E-state index < -0.39 is 42.8 Å². The van der Waals surface area contributed by atoms with E-state index in [4.69, 9.17) is 9.47 Å². The van der Waals surface area contributed by atoms with Gasteiger partial charge >= 0.3 is 6.01 Å². The summed E-state index contributed by atoms with van der Waals surface area (Å²) in [5.41, 5.74) is -0.637. The second kappa shape index (κ2) is 6.07. The summed E-state index contributed by atoms with van der Waals surface area (Å²) in [7, 11) is 2.77. The molecule has 1 fully saturated rings. The molecule has 1 aliphatic heterocycles. The van der Waals surface area contributed by atoms with E-state index in [0.717, 1.165) is 9.25 Å². The third kappa shape index (κ3) is 2.35. The van der Waals surface area contributed by atoms with Crippen LogP contribution in [0.3, 0.4) is 0 Å². The van der Waals surface area contributed by atoms with Crippen molar-refractivity contribution in [3.05, 3.63) is 10.4 Å². The van der Waals surface area contributed by atoms with Crippen molar-refractivity contribution in [1.82, 2.24) is 24.5 Å². The van der Waals surface area contributed by atoms with Crippen LogP contribution in [0.5, 0.6) is 6.01 Å². The highest BCUT2D eigenvalue weighted by molar-refractivity contribution is 5.68. The van der Waals surface area contributed by atoms with E-state index in [-0.39, 0.29) is 17.2 Å². The van der Waals surface area contributed by atoms with Crippen molar-refractivity contribution in [2.24, 2.45) is 7.05 Å². The van der Waals surface area contributed by atoms with Gasteiger partial charge in [-0.25, -0.2) is 0 Å². The van der Waals surface area contributed by atoms with E-state index in [9.17, 15) is 25.2 Å². The van der Waals surface area contributed by atoms with E-state index >= 15 is 0 Å². The van der Waals surface area contributed by atoms with Crippen LogP contribution < -0.4 is 10.3 Å². The molecule has 0 spiro atoms. The normalized spacial score (nSPS) is 30.7. The summed E-state index contributed by atoms with van der Waals surface area (Å²) in [6, 6.07) is -0.0133. The summed E-state index contributed by atoms with van der Waals surface area (Å²) in [6.07, 6.45) is -7.11. The molecule has 4 N–H and O–H groups in total. The molecule has 24 heavy (non-hydrogen) atoms. The fourth-order valence-corrected chi connectivity index (χ4v) is 2.58. The minimum absolute atomic E-state index is 0.0133. The number of rotatable bonds is 3. The van der Waals surface area contributed by atoms with Crippen LogP contribution in [0.4, 0.5) is 0 Å². The summed E-state index contributed by atoms with van der Waals surface area (Å²) < 4.78 is 12.5. The van der Waals surface area contributed by atoms with E-state index in [1.54, 1.807) is 0 Å². The minimum Gasteiger partial charge on any atom is -0.468 e. The van der Waals surface area contributed by atoms with Gasteiger partial charge in [-0.15, -0.1) is 5.10 Å². The van der Waals surface area contributed by atoms with Gasteiger partial charge in [0.05, 0.1) is 13.7 Å². The van der Waals surface area contributed by atoms with Gasteiger partial charge in [0.2, 0.25) is 0 Å². The molecule has 0 aliphatic carbocycles. The molecule has 132 valence electrons. The molecular formula is C12H17N5O7. The molecule has 3 rings (SSSR count). The summed E-state index contributed by atoms with van der Waals surface area (Å²) in [6.45, 7) is -0.591. The average molecular weight is 343 g/mol. The third-order valence-corrected chi connectivity index (χ3v) is 3.96. The van der Waals surface area contributed by atoms with Crippen molar-refractivity contribution in [2.45, 2.75) is 30.6 Å². The Morgan fingerprint density at radius 1 is 1.25 bits per heavy atom. The van der Waals surface area contributed by atoms with Crippen LogP contribution in [-0.2, 0) is 11.8 Å². The molecule has 1 aliphatic rings. The number of nitrogens with zero attached hydrogens (tertiary/aromatic N) is 5. The molecule has 0 radical (unpaired) electrons. The van der Waals surface area contributed by atoms with Crippen molar-refractivity contribution in [3.63, 3.8) is 0 Å². The molecule has 3 heterocycles. The van der Waals surface area contributed by atoms with Crippen LogP contribution >= 0.6 is 0 Å². The van der Waals surface area contributed by atoms with Crippen LogP contribution in [0.25, 0.3) is 11.2 Å². The Hall–Kier alpha value is -2.12. The topological polar surface area (TPSA) is 165 Å². The molecule has 1 saturated heterocycles. The van der Waals surface area contributed by atoms with Gasteiger partial charge in [-0.2, -0.15) is 9.67 Å². The first-order valence-corrected chi connectivity index (χ1v) is 7.07. The third-order valence-electron chi connectivity index (χ3n) is 3.96. The molecular weight excluding hydrogens is 326 g/mol. The van der Waals surface area contributed by atoms with E-state index in [2.05, 4.69) is 15.3 Å². The number of hydrogen-bond acceptors (Lipinski definition) is 10. The number of aromatic nitrogens is 5. The fraction of sp³-hybridized carbons (Fsp3) is 0.667. The van der Waals surface area contributed by atoms with Crippen LogP contribution in [0.15, 0.2) is 4.79 Å². The Morgan fingerprint density at radius 3 is 2.58 bits per heavy atom. The van der Waals surface area contributed by atoms with Crippen molar-refractivity contribution in [1.29, 1.82) is 0 Å². The summed E-state index contributed by atoms with van der Waals surface area (Å²) in [5.74, 6) is 0. The van der Waals surface area contributed by atoms with Gasteiger partial charge in [0.15, 0.2) is 17.4 Å². The molecule has 5 atom stereocenters. The lowest BCUT2D eigenvalue weighted by Crippen LogP contribution is -2.56. The second-order valence-electron chi connectivity index (χ2n) is 5.39. The van der Waals surface area contributed by atoms with Gasteiger partial charge in [-0.3, -0.25) is 9.36 Å². The van der Waals surface area contributed by atoms with E-state index in [1.807, 2.05) is 0 Å². The zero-order valence-corrected chi connectivity index (χ0v) is 12.8. The van der Waals surface area contributed by atoms with Crippen LogP contribution in [0.2, 0.25) is 0 Å². The highest BCUT2D eigenvalue weighted by Crippen LogP contribution is 2.29. The van der Waals surface area contributed by atoms with Gasteiger partial charge in [-0.1, -0.05) is 5.21 Å². The molecule has 2 aromatic rings. The van der Waals surface area contributed by atoms with Gasteiger partial charge in [-0.05, 0) is 0 Å². The van der Waals surface area contributed by atoms with Gasteiger partial charge < -0.3 is 29.9 Å². The SMILES string of the molecule is COc1nc2c(nnn2C2OC(CO)C(O)C(O)C2O)c(=O)n1C. The minimum atomic E-state index is -1.59. The molecule has 0 bridgehead atoms. The molecule has 0 aromatic carbocycles. The number of aliphatic hydroxyl groups excluding tert-OH is 4. The van der Waals surface area contributed by atoms with Gasteiger partial charge in [0, 0.05) is 7.05 Å². The van der Waals surface area contributed by atoms with E-state index in [1.165, 1.54) is 14.2 Å². The summed E-state index contributed by atoms with van der Waals surface area (Å²) in [4.78, 5) is 16.3. The lowest BCUT2D eigenvalue weighted by molar-refractivity contribution is -0.253. The summed E-state index contributed by atoms with van der Waals surface area (Å²) in [5, 5.41) is 46.6. The standard InChI is InChI=1S/C12H17N5O7/c1-16-10(22)5-9(13-12(16)23-2)17(15-14-5)11-8(21)7(20)6(19)4(3-18)24-11/h4,6-8,11,18-21H,3H2,1-2H3. The first-order valence-electron chi connectivity index (χ1n) is 7.07. The largest absolute Gasteiger partial charge is 0.468 e. The maximum absolute atomic E-state index is 12.2. The van der Waals surface area contributed by atoms with Crippen molar-refractivity contribution in [3.8, 4) is 6.01 Å². The highest BCUT2D eigenvalue weighted by Gasteiger charge is 2.45.